The molecule has 1 N–H and O–H groups in total. The standard InChI is InChI=1S/C19H18N2O6S2/c1-2-29(23,24)13-4-6-15-14(10-13)21-19(27-15)28-11-18(22)20-12-3-5-16-17(9-12)26-8-7-25-16/h3-6,9-10H,2,7-8,11H2,1H3,(H,20,22). The lowest BCUT2D eigenvalue weighted by Gasteiger charge is -2.18. The van der Waals surface area contributed by atoms with Gasteiger partial charge in [-0.1, -0.05) is 18.7 Å². The summed E-state index contributed by atoms with van der Waals surface area (Å²) < 4.78 is 40.5. The van der Waals surface area contributed by atoms with Gasteiger partial charge in [0.15, 0.2) is 26.9 Å². The first kappa shape index (κ1) is 19.6. The molecule has 29 heavy (non-hydrogen) atoms. The van der Waals surface area contributed by atoms with E-state index in [1.54, 1.807) is 31.2 Å². The minimum Gasteiger partial charge on any atom is -0.486 e. The molecule has 10 heteroatoms. The van der Waals surface area contributed by atoms with Crippen molar-refractivity contribution in [3.05, 3.63) is 36.4 Å². The minimum absolute atomic E-state index is 0.0119. The van der Waals surface area contributed by atoms with E-state index < -0.39 is 9.84 Å². The number of nitrogens with zero attached hydrogens (tertiary/aromatic N) is 1. The third-order valence-electron chi connectivity index (χ3n) is 4.23. The smallest absolute Gasteiger partial charge is 0.257 e. The molecule has 0 saturated heterocycles. The Morgan fingerprint density at radius 1 is 1.14 bits per heavy atom. The number of rotatable bonds is 6. The number of nitrogens with one attached hydrogen (secondary N) is 1. The molecule has 0 saturated carbocycles. The van der Waals surface area contributed by atoms with Gasteiger partial charge in [-0.25, -0.2) is 13.4 Å². The molecule has 8 nitrogen and oxygen atoms in total. The molecule has 0 aliphatic carbocycles. The van der Waals surface area contributed by atoms with Crippen LogP contribution in [-0.4, -0.2) is 44.0 Å². The predicted molar refractivity (Wildman–Crippen MR) is 109 cm³/mol. The van der Waals surface area contributed by atoms with Crippen LogP contribution in [0.1, 0.15) is 6.92 Å². The number of ether oxygens (including phenoxy) is 2. The van der Waals surface area contributed by atoms with E-state index in [0.717, 1.165) is 11.8 Å². The molecule has 0 spiro atoms. The van der Waals surface area contributed by atoms with Crippen LogP contribution in [0.5, 0.6) is 11.5 Å². The Kier molecular flexibility index (Phi) is 5.37. The maximum absolute atomic E-state index is 12.2. The molecular weight excluding hydrogens is 416 g/mol. The maximum atomic E-state index is 12.2. The number of thioether (sulfide) groups is 1. The molecule has 1 aliphatic heterocycles. The van der Waals surface area contributed by atoms with E-state index in [0.29, 0.717) is 46.7 Å². The fourth-order valence-corrected chi connectivity index (χ4v) is 4.29. The number of anilines is 1. The van der Waals surface area contributed by atoms with Gasteiger partial charge in [-0.2, -0.15) is 0 Å². The van der Waals surface area contributed by atoms with E-state index in [1.807, 2.05) is 0 Å². The highest BCUT2D eigenvalue weighted by atomic mass is 32.2. The number of sulfone groups is 1. The van der Waals surface area contributed by atoms with Gasteiger partial charge in [-0.15, -0.1) is 0 Å². The Bertz CT molecular complexity index is 1170. The molecule has 0 unspecified atom stereocenters. The van der Waals surface area contributed by atoms with Crippen molar-refractivity contribution in [1.29, 1.82) is 0 Å². The van der Waals surface area contributed by atoms with E-state index in [2.05, 4.69) is 10.3 Å². The summed E-state index contributed by atoms with van der Waals surface area (Å²) in [5.41, 5.74) is 1.51. The number of hydrogen-bond donors (Lipinski definition) is 1. The van der Waals surface area contributed by atoms with Gasteiger partial charge in [0.1, 0.15) is 18.7 Å². The van der Waals surface area contributed by atoms with Crippen LogP contribution in [0.25, 0.3) is 11.1 Å². The summed E-state index contributed by atoms with van der Waals surface area (Å²) in [6.45, 7) is 2.56. The molecule has 3 aromatic rings. The lowest BCUT2D eigenvalue weighted by molar-refractivity contribution is -0.113. The Labute approximate surface area is 171 Å². The molecule has 4 rings (SSSR count). The molecule has 2 aromatic carbocycles. The maximum Gasteiger partial charge on any atom is 0.257 e. The molecule has 1 amide bonds. The third-order valence-corrected chi connectivity index (χ3v) is 6.79. The number of oxazole rings is 1. The van der Waals surface area contributed by atoms with Crippen molar-refractivity contribution in [3.8, 4) is 11.5 Å². The molecule has 0 fully saturated rings. The van der Waals surface area contributed by atoms with E-state index in [4.69, 9.17) is 13.9 Å². The lowest BCUT2D eigenvalue weighted by atomic mass is 10.2. The van der Waals surface area contributed by atoms with E-state index in [9.17, 15) is 13.2 Å². The van der Waals surface area contributed by atoms with Gasteiger partial charge in [-0.3, -0.25) is 4.79 Å². The first-order valence-corrected chi connectivity index (χ1v) is 11.5. The number of carbonyl (C=O) groups excluding carboxylic acids is 1. The summed E-state index contributed by atoms with van der Waals surface area (Å²) in [6, 6.07) is 9.76. The van der Waals surface area contributed by atoms with Crippen molar-refractivity contribution in [2.24, 2.45) is 0 Å². The van der Waals surface area contributed by atoms with Gasteiger partial charge in [0.05, 0.1) is 16.4 Å². The molecule has 2 heterocycles. The van der Waals surface area contributed by atoms with Crippen LogP contribution in [0.4, 0.5) is 5.69 Å². The lowest BCUT2D eigenvalue weighted by Crippen LogP contribution is -2.17. The van der Waals surface area contributed by atoms with Crippen LogP contribution in [0, 0.1) is 0 Å². The average Bonchev–Trinajstić information content (AvgIpc) is 3.14. The van der Waals surface area contributed by atoms with Crippen molar-refractivity contribution < 1.29 is 27.1 Å². The highest BCUT2D eigenvalue weighted by molar-refractivity contribution is 7.99. The zero-order valence-corrected chi connectivity index (χ0v) is 17.1. The predicted octanol–water partition coefficient (Wildman–Crippen LogP) is 3.12. The van der Waals surface area contributed by atoms with E-state index in [-0.39, 0.29) is 22.3 Å². The first-order valence-electron chi connectivity index (χ1n) is 8.90. The summed E-state index contributed by atoms with van der Waals surface area (Å²) in [5, 5.41) is 3.08. The highest BCUT2D eigenvalue weighted by Crippen LogP contribution is 2.33. The second kappa shape index (κ2) is 7.96. The summed E-state index contributed by atoms with van der Waals surface area (Å²) in [4.78, 5) is 16.7. The van der Waals surface area contributed by atoms with Crippen LogP contribution in [0.15, 0.2) is 50.9 Å². The van der Waals surface area contributed by atoms with Crippen molar-refractivity contribution in [1.82, 2.24) is 4.98 Å². The molecule has 152 valence electrons. The van der Waals surface area contributed by atoms with E-state index >= 15 is 0 Å². The Morgan fingerprint density at radius 3 is 2.72 bits per heavy atom. The number of benzene rings is 2. The molecule has 0 atom stereocenters. The minimum atomic E-state index is -3.32. The number of hydrogen-bond acceptors (Lipinski definition) is 8. The summed E-state index contributed by atoms with van der Waals surface area (Å²) in [5.74, 6) is 1.11. The van der Waals surface area contributed by atoms with Gasteiger partial charge in [-0.05, 0) is 30.3 Å². The van der Waals surface area contributed by atoms with Crippen LogP contribution < -0.4 is 14.8 Å². The number of fused-ring (bicyclic) bond motifs is 2. The molecule has 1 aliphatic rings. The van der Waals surface area contributed by atoms with Crippen molar-refractivity contribution in [2.45, 2.75) is 17.0 Å². The fourth-order valence-electron chi connectivity index (χ4n) is 2.75. The first-order chi connectivity index (χ1) is 13.9. The van der Waals surface area contributed by atoms with Gasteiger partial charge in [0.25, 0.3) is 5.22 Å². The zero-order valence-electron chi connectivity index (χ0n) is 15.5. The topological polar surface area (TPSA) is 108 Å². The van der Waals surface area contributed by atoms with Crippen LogP contribution in [0.3, 0.4) is 0 Å². The normalized spacial score (nSPS) is 13.4. The summed E-state index contributed by atoms with van der Waals surface area (Å²) in [6.07, 6.45) is 0. The van der Waals surface area contributed by atoms with Gasteiger partial charge < -0.3 is 19.2 Å². The Balaban J connectivity index is 1.40. The summed E-state index contributed by atoms with van der Waals surface area (Å²) in [7, 11) is -3.32. The number of amides is 1. The highest BCUT2D eigenvalue weighted by Gasteiger charge is 2.16. The molecule has 1 aromatic heterocycles. The fraction of sp³-hybridized carbons (Fsp3) is 0.263. The van der Waals surface area contributed by atoms with Gasteiger partial charge >= 0.3 is 0 Å². The van der Waals surface area contributed by atoms with Gasteiger partial charge in [0, 0.05) is 11.8 Å². The third kappa shape index (κ3) is 4.33. The SMILES string of the molecule is CCS(=O)(=O)c1ccc2oc(SCC(=O)Nc3ccc4c(c3)OCCO4)nc2c1. The van der Waals surface area contributed by atoms with Crippen LogP contribution >= 0.6 is 11.8 Å². The van der Waals surface area contributed by atoms with Crippen molar-refractivity contribution in [2.75, 3.05) is 30.0 Å². The summed E-state index contributed by atoms with van der Waals surface area (Å²) >= 11 is 1.13. The zero-order chi connectivity index (χ0) is 20.4. The average molecular weight is 434 g/mol. The van der Waals surface area contributed by atoms with Crippen molar-refractivity contribution in [3.63, 3.8) is 0 Å². The molecular formula is C19H18N2O6S2. The second-order valence-corrected chi connectivity index (χ2v) is 9.41. The number of carbonyl (C=O) groups is 1. The van der Waals surface area contributed by atoms with Crippen LogP contribution in [-0.2, 0) is 14.6 Å². The quantitative estimate of drug-likeness (QED) is 0.590. The van der Waals surface area contributed by atoms with Gasteiger partial charge in [0.2, 0.25) is 5.91 Å². The van der Waals surface area contributed by atoms with Crippen molar-refractivity contribution >= 4 is 44.3 Å². The monoisotopic (exact) mass is 434 g/mol. The largest absolute Gasteiger partial charge is 0.486 e. The van der Waals surface area contributed by atoms with E-state index in [1.165, 1.54) is 12.1 Å². The second-order valence-electron chi connectivity index (χ2n) is 6.21. The Morgan fingerprint density at radius 2 is 1.93 bits per heavy atom. The van der Waals surface area contributed by atoms with Crippen LogP contribution in [0.2, 0.25) is 0 Å². The Hall–Kier alpha value is -2.72. The molecule has 0 radical (unpaired) electrons. The molecule has 0 bridgehead atoms. The number of aromatic nitrogens is 1.